The van der Waals surface area contributed by atoms with Crippen LogP contribution < -0.4 is 5.32 Å². The Labute approximate surface area is 99.6 Å². The molecule has 0 aromatic carbocycles. The highest BCUT2D eigenvalue weighted by Crippen LogP contribution is 2.34. The largest absolute Gasteiger partial charge is 0.338 e. The molecular weight excluding hydrogens is 200 g/mol. The van der Waals surface area contributed by atoms with Crippen LogP contribution in [0.1, 0.15) is 47.0 Å². The molecule has 3 nitrogen and oxygen atoms in total. The highest BCUT2D eigenvalue weighted by atomic mass is 16.2. The molecule has 0 radical (unpaired) electrons. The number of carbonyl (C=O) groups excluding carboxylic acids is 1. The molecule has 1 rings (SSSR count). The van der Waals surface area contributed by atoms with E-state index in [1.807, 2.05) is 4.90 Å². The van der Waals surface area contributed by atoms with E-state index in [4.69, 9.17) is 0 Å². The van der Waals surface area contributed by atoms with Gasteiger partial charge in [0.25, 0.3) is 0 Å². The number of urea groups is 1. The molecule has 1 fully saturated rings. The van der Waals surface area contributed by atoms with E-state index in [-0.39, 0.29) is 6.03 Å². The van der Waals surface area contributed by atoms with Gasteiger partial charge in [-0.1, -0.05) is 27.7 Å². The lowest BCUT2D eigenvalue weighted by atomic mass is 9.75. The lowest BCUT2D eigenvalue weighted by Crippen LogP contribution is -2.46. The summed E-state index contributed by atoms with van der Waals surface area (Å²) in [5.41, 5.74) is 0.381. The standard InChI is InChI=1S/C13H26N2O/c1-5-8-14-12(16)15-9-6-11(7-10-15)13(2,3)4/h11H,5-10H2,1-4H3,(H,14,16). The zero-order valence-corrected chi connectivity index (χ0v) is 11.2. The molecule has 0 aromatic heterocycles. The fourth-order valence-corrected chi connectivity index (χ4v) is 2.29. The molecule has 1 aliphatic heterocycles. The lowest BCUT2D eigenvalue weighted by molar-refractivity contribution is 0.122. The van der Waals surface area contributed by atoms with E-state index in [0.717, 1.165) is 44.8 Å². The molecule has 0 aliphatic carbocycles. The van der Waals surface area contributed by atoms with E-state index in [9.17, 15) is 4.79 Å². The lowest BCUT2D eigenvalue weighted by Gasteiger charge is -2.38. The van der Waals surface area contributed by atoms with Crippen molar-refractivity contribution in [3.63, 3.8) is 0 Å². The van der Waals surface area contributed by atoms with Crippen molar-refractivity contribution in [2.75, 3.05) is 19.6 Å². The second kappa shape index (κ2) is 5.55. The van der Waals surface area contributed by atoms with Gasteiger partial charge in [0.15, 0.2) is 0 Å². The van der Waals surface area contributed by atoms with Gasteiger partial charge in [0.1, 0.15) is 0 Å². The summed E-state index contributed by atoms with van der Waals surface area (Å²) >= 11 is 0. The predicted molar refractivity (Wildman–Crippen MR) is 67.4 cm³/mol. The Hall–Kier alpha value is -0.730. The quantitative estimate of drug-likeness (QED) is 0.771. The Kier molecular flexibility index (Phi) is 4.63. The number of nitrogens with one attached hydrogen (secondary N) is 1. The van der Waals surface area contributed by atoms with E-state index in [1.54, 1.807) is 0 Å². The Bertz CT molecular complexity index is 225. The maximum Gasteiger partial charge on any atom is 0.317 e. The number of amides is 2. The van der Waals surface area contributed by atoms with Crippen molar-refractivity contribution in [3.8, 4) is 0 Å². The average molecular weight is 226 g/mol. The number of hydrogen-bond acceptors (Lipinski definition) is 1. The van der Waals surface area contributed by atoms with Crippen molar-refractivity contribution in [3.05, 3.63) is 0 Å². The summed E-state index contributed by atoms with van der Waals surface area (Å²) in [5.74, 6) is 0.753. The zero-order valence-electron chi connectivity index (χ0n) is 11.2. The van der Waals surface area contributed by atoms with E-state index < -0.39 is 0 Å². The van der Waals surface area contributed by atoms with E-state index in [1.165, 1.54) is 0 Å². The molecule has 1 N–H and O–H groups in total. The van der Waals surface area contributed by atoms with Crippen LogP contribution in [-0.4, -0.2) is 30.6 Å². The molecule has 0 spiro atoms. The molecule has 2 amide bonds. The number of nitrogens with zero attached hydrogens (tertiary/aromatic N) is 1. The second-order valence-corrected chi connectivity index (χ2v) is 5.86. The molecule has 1 heterocycles. The van der Waals surface area contributed by atoms with Gasteiger partial charge in [-0.15, -0.1) is 0 Å². The summed E-state index contributed by atoms with van der Waals surface area (Å²) in [7, 11) is 0. The molecule has 0 atom stereocenters. The first-order valence-electron chi connectivity index (χ1n) is 6.48. The molecule has 16 heavy (non-hydrogen) atoms. The van der Waals surface area contributed by atoms with Crippen LogP contribution >= 0.6 is 0 Å². The normalized spacial score (nSPS) is 18.6. The third-order valence-corrected chi connectivity index (χ3v) is 3.53. The smallest absolute Gasteiger partial charge is 0.317 e. The first kappa shape index (κ1) is 13.3. The number of carbonyl (C=O) groups is 1. The molecule has 3 heteroatoms. The van der Waals surface area contributed by atoms with E-state index in [2.05, 4.69) is 33.0 Å². The zero-order chi connectivity index (χ0) is 12.2. The van der Waals surface area contributed by atoms with E-state index in [0.29, 0.717) is 5.41 Å². The van der Waals surface area contributed by atoms with Gasteiger partial charge in [-0.2, -0.15) is 0 Å². The fourth-order valence-electron chi connectivity index (χ4n) is 2.29. The number of rotatable bonds is 2. The van der Waals surface area contributed by atoms with E-state index >= 15 is 0 Å². The minimum absolute atomic E-state index is 0.120. The van der Waals surface area contributed by atoms with Gasteiger partial charge in [-0.05, 0) is 30.6 Å². The Morgan fingerprint density at radius 1 is 1.31 bits per heavy atom. The van der Waals surface area contributed by atoms with Crippen LogP contribution in [-0.2, 0) is 0 Å². The van der Waals surface area contributed by atoms with Gasteiger partial charge in [-0.25, -0.2) is 4.79 Å². The highest BCUT2D eigenvalue weighted by molar-refractivity contribution is 5.74. The molecule has 0 unspecified atom stereocenters. The van der Waals surface area contributed by atoms with Gasteiger partial charge >= 0.3 is 6.03 Å². The Morgan fingerprint density at radius 2 is 1.88 bits per heavy atom. The van der Waals surface area contributed by atoms with Crippen molar-refractivity contribution in [2.24, 2.45) is 11.3 Å². The van der Waals surface area contributed by atoms with Crippen molar-refractivity contribution in [1.82, 2.24) is 10.2 Å². The summed E-state index contributed by atoms with van der Waals surface area (Å²) < 4.78 is 0. The molecule has 0 bridgehead atoms. The molecule has 0 aromatic rings. The van der Waals surface area contributed by atoms with Crippen LogP contribution in [0.3, 0.4) is 0 Å². The predicted octanol–water partition coefficient (Wildman–Crippen LogP) is 2.86. The number of hydrogen-bond donors (Lipinski definition) is 1. The molecule has 0 saturated carbocycles. The number of likely N-dealkylation sites (tertiary alicyclic amines) is 1. The van der Waals surface area contributed by atoms with Crippen molar-refractivity contribution >= 4 is 6.03 Å². The minimum Gasteiger partial charge on any atom is -0.338 e. The van der Waals surface area contributed by atoms with Crippen LogP contribution in [0.2, 0.25) is 0 Å². The Balaban J connectivity index is 2.34. The van der Waals surface area contributed by atoms with Crippen molar-refractivity contribution in [2.45, 2.75) is 47.0 Å². The third-order valence-electron chi connectivity index (χ3n) is 3.53. The summed E-state index contributed by atoms with van der Waals surface area (Å²) in [6.07, 6.45) is 3.29. The second-order valence-electron chi connectivity index (χ2n) is 5.86. The van der Waals surface area contributed by atoms with Gasteiger partial charge in [0.05, 0.1) is 0 Å². The van der Waals surface area contributed by atoms with Crippen LogP contribution in [0, 0.1) is 11.3 Å². The summed E-state index contributed by atoms with van der Waals surface area (Å²) in [5, 5.41) is 2.94. The van der Waals surface area contributed by atoms with Gasteiger partial charge in [0, 0.05) is 19.6 Å². The highest BCUT2D eigenvalue weighted by Gasteiger charge is 2.30. The van der Waals surface area contributed by atoms with Crippen molar-refractivity contribution < 1.29 is 4.79 Å². The van der Waals surface area contributed by atoms with Gasteiger partial charge in [0.2, 0.25) is 0 Å². The Morgan fingerprint density at radius 3 is 2.31 bits per heavy atom. The van der Waals surface area contributed by atoms with Crippen molar-refractivity contribution in [1.29, 1.82) is 0 Å². The fraction of sp³-hybridized carbons (Fsp3) is 0.923. The molecule has 1 saturated heterocycles. The van der Waals surface area contributed by atoms with Crippen LogP contribution in [0.4, 0.5) is 4.79 Å². The number of piperidine rings is 1. The molecule has 94 valence electrons. The third kappa shape index (κ3) is 3.69. The SMILES string of the molecule is CCCNC(=O)N1CCC(C(C)(C)C)CC1. The first-order chi connectivity index (χ1) is 7.45. The maximum atomic E-state index is 11.7. The van der Waals surface area contributed by atoms with Gasteiger partial charge < -0.3 is 10.2 Å². The minimum atomic E-state index is 0.120. The van der Waals surface area contributed by atoms with Gasteiger partial charge in [-0.3, -0.25) is 0 Å². The summed E-state index contributed by atoms with van der Waals surface area (Å²) in [6, 6.07) is 0.120. The maximum absolute atomic E-state index is 11.7. The molecular formula is C13H26N2O. The summed E-state index contributed by atoms with van der Waals surface area (Å²) in [4.78, 5) is 13.7. The monoisotopic (exact) mass is 226 g/mol. The summed E-state index contributed by atoms with van der Waals surface area (Å²) in [6.45, 7) is 11.6. The van der Waals surface area contributed by atoms with Crippen LogP contribution in [0.15, 0.2) is 0 Å². The average Bonchev–Trinajstić information content (AvgIpc) is 2.25. The van der Waals surface area contributed by atoms with Crippen LogP contribution in [0.25, 0.3) is 0 Å². The topological polar surface area (TPSA) is 32.3 Å². The molecule has 1 aliphatic rings. The van der Waals surface area contributed by atoms with Crippen LogP contribution in [0.5, 0.6) is 0 Å². The first-order valence-corrected chi connectivity index (χ1v) is 6.48.